The van der Waals surface area contributed by atoms with Crippen molar-refractivity contribution in [3.8, 4) is 22.8 Å². The molecule has 0 fully saturated rings. The van der Waals surface area contributed by atoms with Crippen molar-refractivity contribution < 1.29 is 23.0 Å². The number of phenols is 1. The van der Waals surface area contributed by atoms with Gasteiger partial charge in [-0.15, -0.1) is 0 Å². The number of ether oxygens (including phenoxy) is 1. The van der Waals surface area contributed by atoms with E-state index in [4.69, 9.17) is 4.74 Å². The molecular formula is C22H19F3N2O2. The molecule has 29 heavy (non-hydrogen) atoms. The average Bonchev–Trinajstić information content (AvgIpc) is 2.90. The monoisotopic (exact) mass is 400 g/mol. The first-order valence-electron chi connectivity index (χ1n) is 9.19. The highest BCUT2D eigenvalue weighted by atomic mass is 19.4. The van der Waals surface area contributed by atoms with Crippen LogP contribution in [0.2, 0.25) is 0 Å². The van der Waals surface area contributed by atoms with E-state index >= 15 is 0 Å². The van der Waals surface area contributed by atoms with E-state index < -0.39 is 11.7 Å². The fraction of sp³-hybridized carbons (Fsp3) is 0.227. The molecule has 1 aromatic heterocycles. The second-order valence-corrected chi connectivity index (χ2v) is 6.91. The van der Waals surface area contributed by atoms with Crippen LogP contribution in [0.15, 0.2) is 60.8 Å². The van der Waals surface area contributed by atoms with E-state index in [1.54, 1.807) is 24.4 Å². The van der Waals surface area contributed by atoms with Crippen LogP contribution in [-0.2, 0) is 19.3 Å². The maximum atomic E-state index is 13.3. The van der Waals surface area contributed by atoms with Gasteiger partial charge >= 0.3 is 6.18 Å². The van der Waals surface area contributed by atoms with E-state index in [9.17, 15) is 18.3 Å². The summed E-state index contributed by atoms with van der Waals surface area (Å²) < 4.78 is 45.7. The topological polar surface area (TPSA) is 45.6 Å². The summed E-state index contributed by atoms with van der Waals surface area (Å²) in [6, 6.07) is 14.5. The molecule has 1 N–H and O–H groups in total. The number of nitrogens with zero attached hydrogens (tertiary/aromatic N) is 2. The minimum Gasteiger partial charge on any atom is -0.504 e. The lowest BCUT2D eigenvalue weighted by atomic mass is 10.0. The van der Waals surface area contributed by atoms with E-state index in [-0.39, 0.29) is 24.5 Å². The first-order chi connectivity index (χ1) is 13.9. The van der Waals surface area contributed by atoms with Gasteiger partial charge in [0.15, 0.2) is 11.5 Å². The largest absolute Gasteiger partial charge is 0.504 e. The van der Waals surface area contributed by atoms with Crippen LogP contribution in [0.3, 0.4) is 0 Å². The van der Waals surface area contributed by atoms with Crippen molar-refractivity contribution in [3.63, 3.8) is 0 Å². The van der Waals surface area contributed by atoms with Gasteiger partial charge in [-0.1, -0.05) is 24.3 Å². The van der Waals surface area contributed by atoms with Gasteiger partial charge in [0.05, 0.1) is 11.3 Å². The standard InChI is InChI=1S/C22H19F3N2O2/c23-22(24,25)18-6-2-1-5-15(18)13-27-9-10-29-21-17(14-27)11-16(12-20(21)28)19-7-3-4-8-26-19/h1-8,11-12,28H,9-10,13-14H2. The van der Waals surface area contributed by atoms with Gasteiger partial charge in [0, 0.05) is 37.0 Å². The number of aromatic nitrogens is 1. The minimum atomic E-state index is -4.40. The van der Waals surface area contributed by atoms with Crippen molar-refractivity contribution >= 4 is 0 Å². The molecule has 0 saturated heterocycles. The van der Waals surface area contributed by atoms with Crippen molar-refractivity contribution in [3.05, 3.63) is 77.5 Å². The minimum absolute atomic E-state index is 0.000643. The molecule has 1 aliphatic heterocycles. The Morgan fingerprint density at radius 1 is 1.07 bits per heavy atom. The molecule has 0 aliphatic carbocycles. The zero-order valence-electron chi connectivity index (χ0n) is 15.5. The maximum absolute atomic E-state index is 13.3. The van der Waals surface area contributed by atoms with E-state index in [1.807, 2.05) is 23.1 Å². The number of pyridine rings is 1. The highest BCUT2D eigenvalue weighted by molar-refractivity contribution is 5.66. The molecule has 1 aliphatic rings. The summed E-state index contributed by atoms with van der Waals surface area (Å²) in [7, 11) is 0. The number of aromatic hydroxyl groups is 1. The van der Waals surface area contributed by atoms with Gasteiger partial charge < -0.3 is 9.84 Å². The zero-order chi connectivity index (χ0) is 20.4. The summed E-state index contributed by atoms with van der Waals surface area (Å²) in [6.07, 6.45) is -2.74. The Morgan fingerprint density at radius 3 is 2.62 bits per heavy atom. The lowest BCUT2D eigenvalue weighted by molar-refractivity contribution is -0.138. The highest BCUT2D eigenvalue weighted by Gasteiger charge is 2.33. The number of benzene rings is 2. The SMILES string of the molecule is Oc1cc(-c2ccccn2)cc2c1OCCN(Cc1ccccc1C(F)(F)F)C2. The van der Waals surface area contributed by atoms with Crippen LogP contribution in [0.5, 0.6) is 11.5 Å². The van der Waals surface area contributed by atoms with Gasteiger partial charge in [-0.3, -0.25) is 9.88 Å². The molecule has 4 rings (SSSR count). The summed E-state index contributed by atoms with van der Waals surface area (Å²) in [5.74, 6) is 0.372. The normalized spacial score (nSPS) is 14.7. The predicted molar refractivity (Wildman–Crippen MR) is 102 cm³/mol. The first-order valence-corrected chi connectivity index (χ1v) is 9.19. The molecule has 150 valence electrons. The number of hydrogen-bond acceptors (Lipinski definition) is 4. The van der Waals surface area contributed by atoms with Gasteiger partial charge in [-0.05, 0) is 35.9 Å². The van der Waals surface area contributed by atoms with Gasteiger partial charge in [0.2, 0.25) is 0 Å². The van der Waals surface area contributed by atoms with Crippen LogP contribution >= 0.6 is 0 Å². The molecule has 7 heteroatoms. The van der Waals surface area contributed by atoms with Crippen molar-refractivity contribution in [1.29, 1.82) is 0 Å². The van der Waals surface area contributed by atoms with Crippen LogP contribution in [0.1, 0.15) is 16.7 Å². The van der Waals surface area contributed by atoms with Crippen LogP contribution in [0.25, 0.3) is 11.3 Å². The number of halogens is 3. The molecule has 4 nitrogen and oxygen atoms in total. The molecule has 0 atom stereocenters. The zero-order valence-corrected chi connectivity index (χ0v) is 15.5. The lowest BCUT2D eigenvalue weighted by Gasteiger charge is -2.22. The third kappa shape index (κ3) is 4.19. The predicted octanol–water partition coefficient (Wildman–Crippen LogP) is 4.87. The molecule has 0 spiro atoms. The molecule has 2 heterocycles. The molecule has 3 aromatic rings. The summed E-state index contributed by atoms with van der Waals surface area (Å²) in [4.78, 5) is 6.18. The van der Waals surface area contributed by atoms with Gasteiger partial charge in [-0.25, -0.2) is 0 Å². The second kappa shape index (κ2) is 7.75. The Balaban J connectivity index is 1.64. The van der Waals surface area contributed by atoms with Crippen molar-refractivity contribution in [2.45, 2.75) is 19.3 Å². The van der Waals surface area contributed by atoms with Crippen molar-refractivity contribution in [2.24, 2.45) is 0 Å². The summed E-state index contributed by atoms with van der Waals surface area (Å²) in [6.45, 7) is 1.21. The average molecular weight is 400 g/mol. The Labute approximate surface area is 166 Å². The maximum Gasteiger partial charge on any atom is 0.416 e. The molecule has 0 amide bonds. The van der Waals surface area contributed by atoms with Crippen LogP contribution in [0, 0.1) is 0 Å². The number of fused-ring (bicyclic) bond motifs is 1. The van der Waals surface area contributed by atoms with E-state index in [1.165, 1.54) is 12.1 Å². The molecule has 2 aromatic carbocycles. The number of alkyl halides is 3. The van der Waals surface area contributed by atoms with Gasteiger partial charge in [0.25, 0.3) is 0 Å². The first kappa shape index (κ1) is 19.3. The van der Waals surface area contributed by atoms with Crippen LogP contribution in [0.4, 0.5) is 13.2 Å². The van der Waals surface area contributed by atoms with E-state index in [0.29, 0.717) is 30.1 Å². The Morgan fingerprint density at radius 2 is 1.86 bits per heavy atom. The Kier molecular flexibility index (Phi) is 5.15. The van der Waals surface area contributed by atoms with Crippen LogP contribution < -0.4 is 4.74 Å². The third-order valence-corrected chi connectivity index (χ3v) is 4.87. The van der Waals surface area contributed by atoms with Crippen molar-refractivity contribution in [1.82, 2.24) is 9.88 Å². The molecule has 0 unspecified atom stereocenters. The quantitative estimate of drug-likeness (QED) is 0.682. The summed E-state index contributed by atoms with van der Waals surface area (Å²) in [5.41, 5.74) is 1.73. The Bertz CT molecular complexity index is 1010. The molecule has 0 radical (unpaired) electrons. The van der Waals surface area contributed by atoms with Crippen molar-refractivity contribution in [2.75, 3.05) is 13.2 Å². The van der Waals surface area contributed by atoms with Gasteiger partial charge in [-0.2, -0.15) is 13.2 Å². The molecule has 0 bridgehead atoms. The highest BCUT2D eigenvalue weighted by Crippen LogP contribution is 2.38. The number of phenolic OH excluding ortho intramolecular Hbond substituents is 1. The second-order valence-electron chi connectivity index (χ2n) is 6.91. The van der Waals surface area contributed by atoms with E-state index in [0.717, 1.165) is 11.6 Å². The summed E-state index contributed by atoms with van der Waals surface area (Å²) >= 11 is 0. The van der Waals surface area contributed by atoms with Crippen LogP contribution in [-0.4, -0.2) is 28.1 Å². The number of hydrogen-bond donors (Lipinski definition) is 1. The smallest absolute Gasteiger partial charge is 0.416 e. The third-order valence-electron chi connectivity index (χ3n) is 4.87. The van der Waals surface area contributed by atoms with Gasteiger partial charge in [0.1, 0.15) is 6.61 Å². The molecule has 0 saturated carbocycles. The fourth-order valence-electron chi connectivity index (χ4n) is 3.55. The summed E-state index contributed by atoms with van der Waals surface area (Å²) in [5, 5.41) is 10.4. The lowest BCUT2D eigenvalue weighted by Crippen LogP contribution is -2.26. The van der Waals surface area contributed by atoms with E-state index in [2.05, 4.69) is 4.98 Å². The fourth-order valence-corrected chi connectivity index (χ4v) is 3.55. The Hall–Kier alpha value is -3.06. The molecular weight excluding hydrogens is 381 g/mol. The number of rotatable bonds is 3.